The second-order valence-corrected chi connectivity index (χ2v) is 10.7. The van der Waals surface area contributed by atoms with Crippen LogP contribution in [0, 0.1) is 11.2 Å². The van der Waals surface area contributed by atoms with Crippen LogP contribution in [0.25, 0.3) is 0 Å². The van der Waals surface area contributed by atoms with Crippen molar-refractivity contribution < 1.29 is 9.18 Å². The number of nitrogens with zero attached hydrogens (tertiary/aromatic N) is 1. The number of anilines is 1. The number of amides is 1. The second-order valence-electron chi connectivity index (χ2n) is 8.72. The van der Waals surface area contributed by atoms with E-state index in [9.17, 15) is 9.18 Å². The van der Waals surface area contributed by atoms with Gasteiger partial charge in [0.25, 0.3) is 5.91 Å². The van der Waals surface area contributed by atoms with E-state index in [1.807, 2.05) is 12.1 Å². The molecule has 9 heteroatoms. The second kappa shape index (κ2) is 10.6. The zero-order valence-corrected chi connectivity index (χ0v) is 20.7. The lowest BCUT2D eigenvalue weighted by molar-refractivity contribution is 0.0980. The molecule has 1 aliphatic carbocycles. The molecule has 0 bridgehead atoms. The van der Waals surface area contributed by atoms with Crippen LogP contribution < -0.4 is 10.0 Å². The first-order valence-corrected chi connectivity index (χ1v) is 12.7. The SMILES string of the molecule is CC(=N)c1cc(C(=O)NSC2CC2)c(F)cc1NC1CCN(Cc2cc(Cl)cc(Cl)c2)CC1. The molecule has 2 aliphatic rings. The highest BCUT2D eigenvalue weighted by Gasteiger charge is 2.25. The zero-order valence-electron chi connectivity index (χ0n) is 18.4. The van der Waals surface area contributed by atoms with Crippen molar-refractivity contribution in [1.82, 2.24) is 9.62 Å². The first kappa shape index (κ1) is 24.3. The molecule has 0 atom stereocenters. The number of rotatable bonds is 8. The predicted molar refractivity (Wildman–Crippen MR) is 135 cm³/mol. The number of benzene rings is 2. The summed E-state index contributed by atoms with van der Waals surface area (Å²) in [5.74, 6) is -1.03. The molecular weight excluding hydrogens is 482 g/mol. The summed E-state index contributed by atoms with van der Waals surface area (Å²) >= 11 is 13.6. The topological polar surface area (TPSA) is 68.2 Å². The van der Waals surface area contributed by atoms with Crippen LogP contribution in [0.5, 0.6) is 0 Å². The first-order valence-electron chi connectivity index (χ1n) is 11.1. The van der Waals surface area contributed by atoms with Gasteiger partial charge in [-0.2, -0.15) is 0 Å². The van der Waals surface area contributed by atoms with Gasteiger partial charge in [-0.05, 0) is 80.5 Å². The number of hydrogen-bond donors (Lipinski definition) is 3. The van der Waals surface area contributed by atoms with Crippen LogP contribution >= 0.6 is 35.1 Å². The van der Waals surface area contributed by atoms with Gasteiger partial charge in [-0.1, -0.05) is 23.2 Å². The van der Waals surface area contributed by atoms with Gasteiger partial charge in [-0.15, -0.1) is 0 Å². The molecule has 33 heavy (non-hydrogen) atoms. The van der Waals surface area contributed by atoms with Crippen molar-refractivity contribution in [3.8, 4) is 0 Å². The lowest BCUT2D eigenvalue weighted by atomic mass is 10.00. The third-order valence-electron chi connectivity index (χ3n) is 5.87. The summed E-state index contributed by atoms with van der Waals surface area (Å²) in [5, 5.41) is 13.3. The van der Waals surface area contributed by atoms with Crippen LogP contribution in [0.4, 0.5) is 10.1 Å². The Morgan fingerprint density at radius 2 is 1.76 bits per heavy atom. The Kier molecular flexibility index (Phi) is 7.84. The van der Waals surface area contributed by atoms with Gasteiger partial charge in [-0.3, -0.25) is 14.4 Å². The molecule has 1 saturated heterocycles. The van der Waals surface area contributed by atoms with Gasteiger partial charge in [0.15, 0.2) is 0 Å². The molecule has 3 N–H and O–H groups in total. The summed E-state index contributed by atoms with van der Waals surface area (Å²) in [6.07, 6.45) is 3.92. The van der Waals surface area contributed by atoms with Gasteiger partial charge >= 0.3 is 0 Å². The minimum Gasteiger partial charge on any atom is -0.382 e. The average Bonchev–Trinajstić information content (AvgIpc) is 3.57. The average molecular weight is 509 g/mol. The highest BCUT2D eigenvalue weighted by Crippen LogP contribution is 2.32. The minimum atomic E-state index is -0.577. The minimum absolute atomic E-state index is 0.0229. The highest BCUT2D eigenvalue weighted by molar-refractivity contribution is 7.98. The van der Waals surface area contributed by atoms with Crippen molar-refractivity contribution in [1.29, 1.82) is 5.41 Å². The smallest absolute Gasteiger partial charge is 0.264 e. The van der Waals surface area contributed by atoms with E-state index in [4.69, 9.17) is 28.6 Å². The molecule has 1 saturated carbocycles. The molecule has 2 aromatic carbocycles. The van der Waals surface area contributed by atoms with Crippen LogP contribution in [0.3, 0.4) is 0 Å². The zero-order chi connectivity index (χ0) is 23.5. The fraction of sp³-hybridized carbons (Fsp3) is 0.417. The molecule has 2 aromatic rings. The summed E-state index contributed by atoms with van der Waals surface area (Å²) in [7, 11) is 0. The van der Waals surface area contributed by atoms with Crippen LogP contribution in [0.15, 0.2) is 30.3 Å². The van der Waals surface area contributed by atoms with Crippen LogP contribution in [0.2, 0.25) is 10.0 Å². The summed E-state index contributed by atoms with van der Waals surface area (Å²) < 4.78 is 17.5. The van der Waals surface area contributed by atoms with Gasteiger partial charge in [0.1, 0.15) is 5.82 Å². The molecule has 1 heterocycles. The molecule has 176 valence electrons. The maximum atomic E-state index is 14.8. The highest BCUT2D eigenvalue weighted by atomic mass is 35.5. The van der Waals surface area contributed by atoms with Crippen molar-refractivity contribution in [2.45, 2.75) is 50.4 Å². The molecule has 1 aliphatic heterocycles. The van der Waals surface area contributed by atoms with Gasteiger partial charge in [0, 0.05) is 57.9 Å². The first-order chi connectivity index (χ1) is 15.8. The third-order valence-corrected chi connectivity index (χ3v) is 7.42. The molecule has 0 unspecified atom stereocenters. The van der Waals surface area contributed by atoms with Gasteiger partial charge < -0.3 is 10.7 Å². The molecule has 0 radical (unpaired) electrons. The lowest BCUT2D eigenvalue weighted by Crippen LogP contribution is -2.39. The molecule has 4 rings (SSSR count). The Bertz CT molecular complexity index is 1030. The molecule has 0 aromatic heterocycles. The Morgan fingerprint density at radius 1 is 1.09 bits per heavy atom. The fourth-order valence-corrected chi connectivity index (χ4v) is 5.30. The van der Waals surface area contributed by atoms with Crippen molar-refractivity contribution in [3.05, 3.63) is 62.9 Å². The predicted octanol–water partition coefficient (Wildman–Crippen LogP) is 6.14. The van der Waals surface area contributed by atoms with Crippen LogP contribution in [0.1, 0.15) is 54.1 Å². The van der Waals surface area contributed by atoms with Crippen molar-refractivity contribution in [3.63, 3.8) is 0 Å². The van der Waals surface area contributed by atoms with E-state index < -0.39 is 11.7 Å². The maximum Gasteiger partial charge on any atom is 0.264 e. The van der Waals surface area contributed by atoms with E-state index in [1.165, 1.54) is 24.1 Å². The van der Waals surface area contributed by atoms with Crippen LogP contribution in [-0.4, -0.2) is 40.9 Å². The molecule has 1 amide bonds. The molecule has 0 spiro atoms. The number of carbonyl (C=O) groups is 1. The number of hydrogen-bond acceptors (Lipinski definition) is 5. The number of carbonyl (C=O) groups excluding carboxylic acids is 1. The van der Waals surface area contributed by atoms with E-state index in [1.54, 1.807) is 13.0 Å². The Labute approximate surface area is 208 Å². The van der Waals surface area contributed by atoms with Gasteiger partial charge in [0.05, 0.1) is 5.56 Å². The number of likely N-dealkylation sites (tertiary alicyclic amines) is 1. The van der Waals surface area contributed by atoms with E-state index in [0.717, 1.165) is 50.9 Å². The Balaban J connectivity index is 1.38. The maximum absolute atomic E-state index is 14.8. The van der Waals surface area contributed by atoms with Gasteiger partial charge in [0.2, 0.25) is 0 Å². The van der Waals surface area contributed by atoms with E-state index in [0.29, 0.717) is 26.5 Å². The monoisotopic (exact) mass is 508 g/mol. The standard InChI is InChI=1S/C24H27Cl2FN4OS/c1-14(28)20-11-21(24(32)30-33-19-2-3-19)22(27)12-23(20)29-18-4-6-31(7-5-18)13-15-8-16(25)10-17(26)9-15/h8-12,18-19,28-29H,2-7,13H2,1H3,(H,30,32). The Morgan fingerprint density at radius 3 is 2.36 bits per heavy atom. The molecule has 5 nitrogen and oxygen atoms in total. The van der Waals surface area contributed by atoms with E-state index >= 15 is 0 Å². The fourth-order valence-electron chi connectivity index (χ4n) is 3.97. The lowest BCUT2D eigenvalue weighted by Gasteiger charge is -2.33. The number of halogens is 3. The Hall–Kier alpha value is -1.80. The van der Waals surface area contributed by atoms with E-state index in [2.05, 4.69) is 14.9 Å². The van der Waals surface area contributed by atoms with E-state index in [-0.39, 0.29) is 17.3 Å². The van der Waals surface area contributed by atoms with Crippen molar-refractivity contribution >= 4 is 52.5 Å². The normalized spacial score (nSPS) is 17.1. The molecule has 2 fully saturated rings. The summed E-state index contributed by atoms with van der Waals surface area (Å²) in [6, 6.07) is 8.59. The largest absolute Gasteiger partial charge is 0.382 e. The van der Waals surface area contributed by atoms with Crippen molar-refractivity contribution in [2.24, 2.45) is 0 Å². The van der Waals surface area contributed by atoms with Crippen LogP contribution in [-0.2, 0) is 6.54 Å². The molecular formula is C24H27Cl2FN4OS. The number of nitrogens with one attached hydrogen (secondary N) is 3. The summed E-state index contributed by atoms with van der Waals surface area (Å²) in [4.78, 5) is 14.8. The quantitative estimate of drug-likeness (QED) is 0.296. The van der Waals surface area contributed by atoms with Gasteiger partial charge in [-0.25, -0.2) is 4.39 Å². The summed E-state index contributed by atoms with van der Waals surface area (Å²) in [5.41, 5.74) is 2.46. The summed E-state index contributed by atoms with van der Waals surface area (Å²) in [6.45, 7) is 4.18. The third kappa shape index (κ3) is 6.63. The van der Waals surface area contributed by atoms with Crippen molar-refractivity contribution in [2.75, 3.05) is 18.4 Å². The number of piperidine rings is 1.